The molecule has 0 saturated heterocycles. The van der Waals surface area contributed by atoms with Crippen LogP contribution in [0.25, 0.3) is 10.8 Å². The molecule has 0 aromatic heterocycles. The van der Waals surface area contributed by atoms with Crippen LogP contribution in [0.1, 0.15) is 6.92 Å². The lowest BCUT2D eigenvalue weighted by molar-refractivity contribution is -0.138. The largest absolute Gasteiger partial charge is 0.460 e. The van der Waals surface area contributed by atoms with E-state index in [4.69, 9.17) is 16.5 Å². The van der Waals surface area contributed by atoms with Gasteiger partial charge in [0.05, 0.1) is 6.35 Å². The molecule has 0 amide bonds. The van der Waals surface area contributed by atoms with Crippen molar-refractivity contribution in [3.8, 4) is 0 Å². The number of hydrogen-bond donors (Lipinski definition) is 1. The van der Waals surface area contributed by atoms with Gasteiger partial charge in [-0.15, -0.1) is 0 Å². The Morgan fingerprint density at radius 2 is 1.95 bits per heavy atom. The van der Waals surface area contributed by atoms with E-state index in [2.05, 4.69) is 0 Å². The van der Waals surface area contributed by atoms with E-state index in [0.717, 1.165) is 16.1 Å². The van der Waals surface area contributed by atoms with E-state index in [1.807, 2.05) is 42.5 Å². The molecular weight excluding hydrogens is 279 g/mol. The third-order valence-electron chi connectivity index (χ3n) is 2.91. The smallest absolute Gasteiger partial charge is 0.303 e. The van der Waals surface area contributed by atoms with Gasteiger partial charge in [0.25, 0.3) is 0 Å². The molecule has 0 aliphatic carbocycles. The average molecular weight is 294 g/mol. The summed E-state index contributed by atoms with van der Waals surface area (Å²) in [6.45, 7) is 1.35. The van der Waals surface area contributed by atoms with Gasteiger partial charge in [0, 0.05) is 13.0 Å². The predicted octanol–water partition coefficient (Wildman–Crippen LogP) is 2.42. The van der Waals surface area contributed by atoms with Crippen molar-refractivity contribution in [2.24, 2.45) is 0 Å². The number of rotatable bonds is 4. The monoisotopic (exact) mass is 294 g/mol. The second-order valence-corrected chi connectivity index (χ2v) is 9.19. The molecular formula is C14H15O3PS. The Bertz CT molecular complexity index is 649. The highest BCUT2D eigenvalue weighted by Gasteiger charge is 2.22. The van der Waals surface area contributed by atoms with E-state index in [9.17, 15) is 9.90 Å². The molecule has 2 aromatic rings. The van der Waals surface area contributed by atoms with Crippen molar-refractivity contribution >= 4 is 39.9 Å². The van der Waals surface area contributed by atoms with E-state index >= 15 is 0 Å². The fourth-order valence-electron chi connectivity index (χ4n) is 1.95. The molecule has 0 aliphatic heterocycles. The number of ether oxygens (including phenoxy) is 1. The summed E-state index contributed by atoms with van der Waals surface area (Å²) < 4.78 is 5.05. The fourth-order valence-corrected chi connectivity index (χ4v) is 4.34. The minimum absolute atomic E-state index is 0.0994. The number of hydrogen-bond acceptors (Lipinski definition) is 4. The Balaban J connectivity index is 2.51. The molecule has 0 bridgehead atoms. The molecule has 1 atom stereocenters. The fraction of sp³-hybridized carbons (Fsp3) is 0.214. The quantitative estimate of drug-likeness (QED) is 0.695. The van der Waals surface area contributed by atoms with Crippen molar-refractivity contribution in [1.29, 1.82) is 0 Å². The zero-order chi connectivity index (χ0) is 13.9. The van der Waals surface area contributed by atoms with Crippen LogP contribution in [-0.2, 0) is 21.3 Å². The van der Waals surface area contributed by atoms with Crippen molar-refractivity contribution in [2.45, 2.75) is 6.92 Å². The van der Waals surface area contributed by atoms with Crippen LogP contribution in [0.2, 0.25) is 0 Å². The summed E-state index contributed by atoms with van der Waals surface area (Å²) in [5.74, 6) is -0.372. The Morgan fingerprint density at radius 1 is 1.26 bits per heavy atom. The average Bonchev–Trinajstić information content (AvgIpc) is 2.44. The highest BCUT2D eigenvalue weighted by Crippen LogP contribution is 2.45. The van der Waals surface area contributed by atoms with Crippen LogP contribution in [0.15, 0.2) is 42.5 Å². The van der Waals surface area contributed by atoms with E-state index in [1.165, 1.54) is 6.92 Å². The summed E-state index contributed by atoms with van der Waals surface area (Å²) in [7, 11) is 0. The first-order chi connectivity index (χ1) is 9.07. The normalized spacial score (nSPS) is 14.0. The maximum absolute atomic E-state index is 11.0. The molecule has 2 rings (SSSR count). The van der Waals surface area contributed by atoms with Gasteiger partial charge in [-0.3, -0.25) is 4.79 Å². The van der Waals surface area contributed by atoms with Crippen LogP contribution in [0.3, 0.4) is 0 Å². The molecule has 19 heavy (non-hydrogen) atoms. The third kappa shape index (κ3) is 3.03. The summed E-state index contributed by atoms with van der Waals surface area (Å²) in [6, 6.07) is 11.4. The number of benzene rings is 2. The first-order valence-corrected chi connectivity index (χ1v) is 9.05. The number of aliphatic hydroxyl groups is 1. The first kappa shape index (κ1) is 14.2. The van der Waals surface area contributed by atoms with E-state index in [1.54, 1.807) is 0 Å². The Morgan fingerprint density at radius 3 is 2.63 bits per heavy atom. The summed E-state index contributed by atoms with van der Waals surface area (Å²) >= 11 is 5.60. The van der Waals surface area contributed by atoms with Gasteiger partial charge in [-0.2, -0.15) is 0 Å². The zero-order valence-corrected chi connectivity index (χ0v) is 12.3. The van der Waals surface area contributed by atoms with Gasteiger partial charge in [0.2, 0.25) is 0 Å². The number of carbonyl (C=O) groups excluding carboxylic acids is 1. The first-order valence-electron chi connectivity index (χ1n) is 5.87. The topological polar surface area (TPSA) is 46.5 Å². The molecule has 1 unspecified atom stereocenters. The predicted molar refractivity (Wildman–Crippen MR) is 81.6 cm³/mol. The lowest BCUT2D eigenvalue weighted by Gasteiger charge is -2.21. The van der Waals surface area contributed by atoms with Crippen LogP contribution >= 0.6 is 6.04 Å². The molecule has 0 radical (unpaired) electrons. The van der Waals surface area contributed by atoms with Crippen molar-refractivity contribution in [2.75, 3.05) is 12.7 Å². The molecule has 0 heterocycles. The van der Waals surface area contributed by atoms with Gasteiger partial charge < -0.3 is 9.84 Å². The Hall–Kier alpha value is -1.22. The summed E-state index contributed by atoms with van der Waals surface area (Å²) in [4.78, 5) is 11.0. The Labute approximate surface area is 117 Å². The highest BCUT2D eigenvalue weighted by atomic mass is 32.4. The van der Waals surface area contributed by atoms with Crippen molar-refractivity contribution in [1.82, 2.24) is 0 Å². The minimum atomic E-state index is -2.31. The maximum Gasteiger partial charge on any atom is 0.303 e. The molecule has 3 nitrogen and oxygen atoms in total. The summed E-state index contributed by atoms with van der Waals surface area (Å²) in [6.07, 6.45) is -0.0498. The van der Waals surface area contributed by atoms with Crippen LogP contribution in [-0.4, -0.2) is 23.8 Å². The van der Waals surface area contributed by atoms with Crippen LogP contribution < -0.4 is 5.30 Å². The maximum atomic E-state index is 11.0. The van der Waals surface area contributed by atoms with Gasteiger partial charge in [-0.25, -0.2) is 0 Å². The second-order valence-electron chi connectivity index (χ2n) is 4.29. The molecule has 0 fully saturated rings. The molecule has 1 N–H and O–H groups in total. The molecule has 2 aromatic carbocycles. The summed E-state index contributed by atoms with van der Waals surface area (Å²) in [5, 5.41) is 12.7. The van der Waals surface area contributed by atoms with Crippen molar-refractivity contribution < 1.29 is 14.6 Å². The summed E-state index contributed by atoms with van der Waals surface area (Å²) in [5.41, 5.74) is 0. The van der Waals surface area contributed by atoms with Crippen LogP contribution in [0.4, 0.5) is 0 Å². The van der Waals surface area contributed by atoms with Crippen LogP contribution in [0.5, 0.6) is 0 Å². The second kappa shape index (κ2) is 5.83. The molecule has 0 saturated carbocycles. The van der Waals surface area contributed by atoms with Gasteiger partial charge in [-0.1, -0.05) is 54.3 Å². The number of aliphatic hydroxyl groups excluding tert-OH is 1. The number of fused-ring (bicyclic) bond motifs is 1. The highest BCUT2D eigenvalue weighted by molar-refractivity contribution is 8.18. The lowest BCUT2D eigenvalue weighted by Crippen LogP contribution is -2.14. The SMILES string of the molecule is CC(=O)OCP(=S)(CO)c1cccc2ccccc12. The van der Waals surface area contributed by atoms with Crippen LogP contribution in [0, 0.1) is 0 Å². The van der Waals surface area contributed by atoms with Gasteiger partial charge in [-0.05, 0) is 16.1 Å². The minimum Gasteiger partial charge on any atom is -0.460 e. The van der Waals surface area contributed by atoms with Gasteiger partial charge >= 0.3 is 5.97 Å². The van der Waals surface area contributed by atoms with E-state index in [0.29, 0.717) is 0 Å². The number of carbonyl (C=O) groups is 1. The molecule has 0 aliphatic rings. The molecule has 0 spiro atoms. The third-order valence-corrected chi connectivity index (χ3v) is 6.43. The van der Waals surface area contributed by atoms with Crippen molar-refractivity contribution in [3.63, 3.8) is 0 Å². The Kier molecular flexibility index (Phi) is 4.35. The van der Waals surface area contributed by atoms with Crippen molar-refractivity contribution in [3.05, 3.63) is 42.5 Å². The lowest BCUT2D eigenvalue weighted by atomic mass is 10.1. The van der Waals surface area contributed by atoms with Gasteiger partial charge in [0.1, 0.15) is 6.35 Å². The van der Waals surface area contributed by atoms with E-state index in [-0.39, 0.29) is 18.7 Å². The zero-order valence-electron chi connectivity index (χ0n) is 10.6. The number of esters is 1. The standard InChI is InChI=1S/C14H15O3PS/c1-11(16)17-10-18(19,9-15)14-8-4-6-12-5-2-3-7-13(12)14/h2-8,15H,9-10H2,1H3. The molecule has 5 heteroatoms. The molecule has 100 valence electrons. The van der Waals surface area contributed by atoms with Gasteiger partial charge in [0.15, 0.2) is 0 Å². The van der Waals surface area contributed by atoms with E-state index < -0.39 is 6.04 Å².